The van der Waals surface area contributed by atoms with Crippen LogP contribution >= 0.6 is 0 Å². The van der Waals surface area contributed by atoms with Crippen LogP contribution in [0.3, 0.4) is 0 Å². The second-order valence-electron chi connectivity index (χ2n) is 9.32. The second-order valence-corrected chi connectivity index (χ2v) is 9.32. The molecule has 0 radical (unpaired) electrons. The van der Waals surface area contributed by atoms with Crippen LogP contribution in [0.25, 0.3) is 10.9 Å². The van der Waals surface area contributed by atoms with Crippen molar-refractivity contribution in [2.45, 2.75) is 39.5 Å². The van der Waals surface area contributed by atoms with E-state index in [0.717, 1.165) is 26.7 Å². The Morgan fingerprint density at radius 3 is 2.71 bits per heavy atom. The average molecular weight is 483 g/mol. The van der Waals surface area contributed by atoms with E-state index in [2.05, 4.69) is 26.2 Å². The molecule has 2 atom stereocenters. The maximum Gasteiger partial charge on any atom is 0.451 e. The summed E-state index contributed by atoms with van der Waals surface area (Å²) in [5.74, 6) is -1.21. The standard InChI is InChI=1S/C24H24F3N7O/c1-14-3-4-18-19(9-14)29-11-16(10-28)21(18)32-6-5-17(15(2)12-32)22(35)33-7-8-34-20(13-33)30-31-23(34)24(25,26)27/h3-4,9,11,15,17H,5-8,12-13H2,1-2H3/t15-,17+/m1/s1. The van der Waals surface area contributed by atoms with Crippen LogP contribution in [0.1, 0.15) is 36.1 Å². The Hall–Kier alpha value is -3.68. The van der Waals surface area contributed by atoms with Gasteiger partial charge in [0, 0.05) is 43.7 Å². The summed E-state index contributed by atoms with van der Waals surface area (Å²) in [6.45, 7) is 5.39. The first kappa shape index (κ1) is 23.1. The summed E-state index contributed by atoms with van der Waals surface area (Å²) >= 11 is 0. The lowest BCUT2D eigenvalue weighted by Crippen LogP contribution is -2.49. The first-order chi connectivity index (χ1) is 16.7. The summed E-state index contributed by atoms with van der Waals surface area (Å²) in [6.07, 6.45) is -2.40. The highest BCUT2D eigenvalue weighted by atomic mass is 19.4. The fourth-order valence-electron chi connectivity index (χ4n) is 5.22. The van der Waals surface area contributed by atoms with Crippen LogP contribution in [0.5, 0.6) is 0 Å². The van der Waals surface area contributed by atoms with Crippen LogP contribution in [-0.2, 0) is 24.1 Å². The van der Waals surface area contributed by atoms with Crippen molar-refractivity contribution in [2.24, 2.45) is 11.8 Å². The van der Waals surface area contributed by atoms with E-state index in [4.69, 9.17) is 0 Å². The molecule has 0 unspecified atom stereocenters. The molecule has 1 saturated heterocycles. The largest absolute Gasteiger partial charge is 0.451 e. The molecule has 35 heavy (non-hydrogen) atoms. The number of pyridine rings is 1. The lowest BCUT2D eigenvalue weighted by Gasteiger charge is -2.40. The Bertz CT molecular complexity index is 1340. The number of fused-ring (bicyclic) bond motifs is 2. The highest BCUT2D eigenvalue weighted by Crippen LogP contribution is 2.36. The molecule has 0 spiro atoms. The van der Waals surface area contributed by atoms with Gasteiger partial charge >= 0.3 is 6.18 Å². The summed E-state index contributed by atoms with van der Waals surface area (Å²) in [5, 5.41) is 17.6. The summed E-state index contributed by atoms with van der Waals surface area (Å²) in [6, 6.07) is 8.21. The van der Waals surface area contributed by atoms with Gasteiger partial charge in [0.05, 0.1) is 23.3 Å². The number of carbonyl (C=O) groups excluding carboxylic acids is 1. The van der Waals surface area contributed by atoms with Crippen molar-refractivity contribution in [3.63, 3.8) is 0 Å². The molecular formula is C24H24F3N7O. The van der Waals surface area contributed by atoms with Crippen molar-refractivity contribution in [3.05, 3.63) is 47.2 Å². The molecule has 5 rings (SSSR count). The van der Waals surface area contributed by atoms with Gasteiger partial charge in [-0.25, -0.2) is 0 Å². The van der Waals surface area contributed by atoms with Gasteiger partial charge in [0.25, 0.3) is 0 Å². The summed E-state index contributed by atoms with van der Waals surface area (Å²) in [4.78, 5) is 21.5. The SMILES string of the molecule is Cc1ccc2c(N3CC[C@H](C(=O)N4CCn5c(nnc5C(F)(F)F)C4)[C@H](C)C3)c(C#N)cnc2c1. The first-order valence-electron chi connectivity index (χ1n) is 11.5. The minimum Gasteiger partial charge on any atom is -0.370 e. The minimum absolute atomic E-state index is 0.0120. The van der Waals surface area contributed by atoms with Crippen LogP contribution in [-0.4, -0.2) is 50.2 Å². The van der Waals surface area contributed by atoms with Crippen LogP contribution in [0, 0.1) is 30.1 Å². The Balaban J connectivity index is 1.34. The number of piperidine rings is 1. The predicted molar refractivity (Wildman–Crippen MR) is 121 cm³/mol. The third-order valence-electron chi connectivity index (χ3n) is 6.97. The topological polar surface area (TPSA) is 90.9 Å². The maximum absolute atomic E-state index is 13.4. The molecule has 0 bridgehead atoms. The molecule has 1 aromatic carbocycles. The van der Waals surface area contributed by atoms with Crippen molar-refractivity contribution in [1.82, 2.24) is 24.6 Å². The van der Waals surface area contributed by atoms with Crippen LogP contribution in [0.2, 0.25) is 0 Å². The normalized spacial score (nSPS) is 20.6. The van der Waals surface area contributed by atoms with Gasteiger partial charge in [-0.2, -0.15) is 18.4 Å². The van der Waals surface area contributed by atoms with Gasteiger partial charge in [-0.05, 0) is 30.9 Å². The van der Waals surface area contributed by atoms with E-state index < -0.39 is 12.0 Å². The van der Waals surface area contributed by atoms with Gasteiger partial charge < -0.3 is 14.4 Å². The third kappa shape index (κ3) is 4.07. The molecule has 1 fully saturated rings. The van der Waals surface area contributed by atoms with Crippen molar-refractivity contribution >= 4 is 22.5 Å². The van der Waals surface area contributed by atoms with E-state index in [1.165, 1.54) is 0 Å². The molecule has 2 aliphatic heterocycles. The van der Waals surface area contributed by atoms with Gasteiger partial charge in [0.15, 0.2) is 5.82 Å². The zero-order chi connectivity index (χ0) is 24.9. The smallest absolute Gasteiger partial charge is 0.370 e. The number of benzene rings is 1. The molecule has 0 N–H and O–H groups in total. The molecule has 3 aromatic rings. The number of aromatic nitrogens is 4. The number of alkyl halides is 3. The molecule has 0 saturated carbocycles. The van der Waals surface area contributed by atoms with Gasteiger partial charge in [-0.3, -0.25) is 9.78 Å². The predicted octanol–water partition coefficient (Wildman–Crippen LogP) is 3.53. The molecule has 8 nitrogen and oxygen atoms in total. The number of amides is 1. The van der Waals surface area contributed by atoms with Gasteiger partial charge in [-0.15, -0.1) is 10.2 Å². The number of hydrogen-bond acceptors (Lipinski definition) is 6. The van der Waals surface area contributed by atoms with E-state index in [1.807, 2.05) is 32.0 Å². The Morgan fingerprint density at radius 2 is 2.00 bits per heavy atom. The number of nitriles is 1. The average Bonchev–Trinajstić information content (AvgIpc) is 3.26. The highest BCUT2D eigenvalue weighted by Gasteiger charge is 2.41. The van der Waals surface area contributed by atoms with Crippen molar-refractivity contribution < 1.29 is 18.0 Å². The number of carbonyl (C=O) groups is 1. The lowest BCUT2D eigenvalue weighted by molar-refractivity contribution is -0.148. The number of nitrogens with zero attached hydrogens (tertiary/aromatic N) is 7. The van der Waals surface area contributed by atoms with Gasteiger partial charge in [0.2, 0.25) is 11.7 Å². The van der Waals surface area contributed by atoms with Crippen molar-refractivity contribution in [3.8, 4) is 6.07 Å². The zero-order valence-electron chi connectivity index (χ0n) is 19.4. The molecular weight excluding hydrogens is 459 g/mol. The van der Waals surface area contributed by atoms with E-state index >= 15 is 0 Å². The highest BCUT2D eigenvalue weighted by molar-refractivity contribution is 5.95. The summed E-state index contributed by atoms with van der Waals surface area (Å²) < 4.78 is 40.4. The number of anilines is 1. The number of halogens is 3. The lowest BCUT2D eigenvalue weighted by atomic mass is 9.85. The van der Waals surface area contributed by atoms with Crippen molar-refractivity contribution in [2.75, 3.05) is 24.5 Å². The third-order valence-corrected chi connectivity index (χ3v) is 6.97. The fourth-order valence-corrected chi connectivity index (χ4v) is 5.22. The van der Waals surface area contributed by atoms with Crippen LogP contribution < -0.4 is 4.90 Å². The Kier molecular flexibility index (Phi) is 5.62. The van der Waals surface area contributed by atoms with E-state index in [-0.39, 0.29) is 43.2 Å². The van der Waals surface area contributed by atoms with E-state index in [9.17, 15) is 23.2 Å². The molecule has 182 valence electrons. The number of aryl methyl sites for hydroxylation is 1. The molecule has 1 amide bonds. The molecule has 11 heteroatoms. The number of hydrogen-bond donors (Lipinski definition) is 0. The monoisotopic (exact) mass is 483 g/mol. The summed E-state index contributed by atoms with van der Waals surface area (Å²) in [7, 11) is 0. The van der Waals surface area contributed by atoms with Gasteiger partial charge in [0.1, 0.15) is 6.07 Å². The van der Waals surface area contributed by atoms with Crippen molar-refractivity contribution in [1.29, 1.82) is 5.26 Å². The van der Waals surface area contributed by atoms with Gasteiger partial charge in [-0.1, -0.05) is 19.1 Å². The Labute approximate surface area is 200 Å². The minimum atomic E-state index is -4.57. The molecule has 0 aliphatic carbocycles. The molecule has 4 heterocycles. The quantitative estimate of drug-likeness (QED) is 0.554. The molecule has 2 aromatic heterocycles. The second kappa shape index (κ2) is 8.52. The number of rotatable bonds is 2. The summed E-state index contributed by atoms with van der Waals surface area (Å²) in [5.41, 5.74) is 3.23. The first-order valence-corrected chi connectivity index (χ1v) is 11.5. The zero-order valence-corrected chi connectivity index (χ0v) is 19.4. The van der Waals surface area contributed by atoms with E-state index in [1.54, 1.807) is 11.1 Å². The fraction of sp³-hybridized carbons (Fsp3) is 0.458. The Morgan fingerprint density at radius 1 is 1.20 bits per heavy atom. The van der Waals surface area contributed by atoms with E-state index in [0.29, 0.717) is 25.1 Å². The maximum atomic E-state index is 13.4. The van der Waals surface area contributed by atoms with Crippen LogP contribution in [0.4, 0.5) is 18.9 Å². The van der Waals surface area contributed by atoms with Crippen LogP contribution in [0.15, 0.2) is 24.4 Å². The molecule has 2 aliphatic rings.